The maximum absolute atomic E-state index is 11.8. The lowest BCUT2D eigenvalue weighted by molar-refractivity contribution is 0.0979. The third-order valence-corrected chi connectivity index (χ3v) is 3.33. The Bertz CT molecular complexity index is 392. The fourth-order valence-electron chi connectivity index (χ4n) is 1.62. The summed E-state index contributed by atoms with van der Waals surface area (Å²) in [7, 11) is 0. The molecule has 3 heteroatoms. The van der Waals surface area contributed by atoms with Crippen molar-refractivity contribution < 1.29 is 4.79 Å². The van der Waals surface area contributed by atoms with Crippen LogP contribution in [0.2, 0.25) is 0 Å². The van der Waals surface area contributed by atoms with Gasteiger partial charge in [-0.3, -0.25) is 4.79 Å². The quantitative estimate of drug-likeness (QED) is 0.421. The number of nitriles is 1. The highest BCUT2D eigenvalue weighted by Crippen LogP contribution is 2.12. The summed E-state index contributed by atoms with van der Waals surface area (Å²) in [5, 5.41) is 8.38. The average Bonchev–Trinajstić information content (AvgIpc) is 2.34. The zero-order valence-electron chi connectivity index (χ0n) is 9.79. The molecule has 90 valence electrons. The smallest absolute Gasteiger partial charge is 0.162 e. The minimum absolute atomic E-state index is 0.224. The van der Waals surface area contributed by atoms with Crippen LogP contribution in [0.15, 0.2) is 24.3 Å². The van der Waals surface area contributed by atoms with Crippen LogP contribution in [0, 0.1) is 14.9 Å². The molecule has 0 aliphatic rings. The monoisotopic (exact) mass is 341 g/mol. The molecule has 0 atom stereocenters. The predicted octanol–water partition coefficient (Wildman–Crippen LogP) is 4.34. The van der Waals surface area contributed by atoms with Crippen LogP contribution >= 0.6 is 22.6 Å². The Hall–Kier alpha value is -0.890. The molecule has 0 saturated heterocycles. The maximum Gasteiger partial charge on any atom is 0.162 e. The molecule has 0 aliphatic heterocycles. The molecule has 0 saturated carbocycles. The first-order valence-corrected chi connectivity index (χ1v) is 6.97. The van der Waals surface area contributed by atoms with E-state index < -0.39 is 0 Å². The molecule has 0 heterocycles. The number of Topliss-reactive ketones (excluding diaryl/α,β-unsaturated/α-hetero) is 1. The Balaban J connectivity index is 2.21. The molecule has 2 nitrogen and oxygen atoms in total. The molecule has 0 spiro atoms. The average molecular weight is 341 g/mol. The molecular formula is C14H16INO. The Morgan fingerprint density at radius 3 is 2.41 bits per heavy atom. The highest BCUT2D eigenvalue weighted by atomic mass is 127. The highest BCUT2D eigenvalue weighted by Gasteiger charge is 2.04. The van der Waals surface area contributed by atoms with Crippen LogP contribution in [0.25, 0.3) is 0 Å². The van der Waals surface area contributed by atoms with Crippen molar-refractivity contribution in [1.29, 1.82) is 5.26 Å². The number of carbonyl (C=O) groups excluding carboxylic acids is 1. The first-order chi connectivity index (χ1) is 8.24. The van der Waals surface area contributed by atoms with Crippen molar-refractivity contribution in [3.05, 3.63) is 33.4 Å². The number of unbranched alkanes of at least 4 members (excludes halogenated alkanes) is 4. The summed E-state index contributed by atoms with van der Waals surface area (Å²) in [6.07, 6.45) is 5.22. The molecule has 0 N–H and O–H groups in total. The Morgan fingerprint density at radius 1 is 1.12 bits per heavy atom. The second kappa shape index (κ2) is 8.24. The van der Waals surface area contributed by atoms with E-state index in [0.717, 1.165) is 34.8 Å². The van der Waals surface area contributed by atoms with Crippen molar-refractivity contribution in [2.75, 3.05) is 0 Å². The van der Waals surface area contributed by atoms with Crippen molar-refractivity contribution in [2.45, 2.75) is 38.5 Å². The molecule has 17 heavy (non-hydrogen) atoms. The second-order valence-electron chi connectivity index (χ2n) is 4.00. The van der Waals surface area contributed by atoms with E-state index in [4.69, 9.17) is 5.26 Å². The van der Waals surface area contributed by atoms with Crippen LogP contribution in [-0.4, -0.2) is 5.78 Å². The topological polar surface area (TPSA) is 40.9 Å². The van der Waals surface area contributed by atoms with Crippen molar-refractivity contribution in [3.8, 4) is 6.07 Å². The van der Waals surface area contributed by atoms with Gasteiger partial charge in [-0.2, -0.15) is 5.26 Å². The van der Waals surface area contributed by atoms with Gasteiger partial charge in [0.25, 0.3) is 0 Å². The molecule has 0 aliphatic carbocycles. The third-order valence-electron chi connectivity index (χ3n) is 2.61. The molecular weight excluding hydrogens is 325 g/mol. The fourth-order valence-corrected chi connectivity index (χ4v) is 1.98. The van der Waals surface area contributed by atoms with Crippen LogP contribution in [0.1, 0.15) is 48.9 Å². The number of hydrogen-bond acceptors (Lipinski definition) is 2. The van der Waals surface area contributed by atoms with E-state index in [9.17, 15) is 4.79 Å². The van der Waals surface area contributed by atoms with E-state index in [1.165, 1.54) is 0 Å². The van der Waals surface area contributed by atoms with Crippen molar-refractivity contribution in [2.24, 2.45) is 0 Å². The van der Waals surface area contributed by atoms with Gasteiger partial charge in [-0.25, -0.2) is 0 Å². The summed E-state index contributed by atoms with van der Waals surface area (Å²) in [4.78, 5) is 11.8. The summed E-state index contributed by atoms with van der Waals surface area (Å²) in [6.45, 7) is 0. The van der Waals surface area contributed by atoms with E-state index in [1.54, 1.807) is 0 Å². The summed E-state index contributed by atoms with van der Waals surface area (Å²) < 4.78 is 1.15. The van der Waals surface area contributed by atoms with E-state index >= 15 is 0 Å². The van der Waals surface area contributed by atoms with Gasteiger partial charge in [0.1, 0.15) is 0 Å². The summed E-state index contributed by atoms with van der Waals surface area (Å²) >= 11 is 2.23. The van der Waals surface area contributed by atoms with Crippen molar-refractivity contribution in [1.82, 2.24) is 0 Å². The van der Waals surface area contributed by atoms with E-state index in [1.807, 2.05) is 24.3 Å². The lowest BCUT2D eigenvalue weighted by atomic mass is 10.0. The Kier molecular flexibility index (Phi) is 6.87. The number of benzene rings is 1. The predicted molar refractivity (Wildman–Crippen MR) is 76.8 cm³/mol. The number of halogens is 1. The van der Waals surface area contributed by atoms with Crippen molar-refractivity contribution in [3.63, 3.8) is 0 Å². The van der Waals surface area contributed by atoms with Gasteiger partial charge in [0, 0.05) is 22.0 Å². The third kappa shape index (κ3) is 5.83. The van der Waals surface area contributed by atoms with Gasteiger partial charge in [0.05, 0.1) is 6.07 Å². The van der Waals surface area contributed by atoms with Crippen LogP contribution in [0.3, 0.4) is 0 Å². The van der Waals surface area contributed by atoms with Gasteiger partial charge < -0.3 is 0 Å². The number of nitrogens with zero attached hydrogens (tertiary/aromatic N) is 1. The van der Waals surface area contributed by atoms with Gasteiger partial charge >= 0.3 is 0 Å². The normalized spacial score (nSPS) is 9.88. The summed E-state index contributed by atoms with van der Waals surface area (Å²) in [5.41, 5.74) is 0.808. The lowest BCUT2D eigenvalue weighted by Gasteiger charge is -2.01. The summed E-state index contributed by atoms with van der Waals surface area (Å²) in [5.74, 6) is 0.224. The fraction of sp³-hybridized carbons (Fsp3) is 0.429. The van der Waals surface area contributed by atoms with Gasteiger partial charge in [0.15, 0.2) is 5.78 Å². The first-order valence-electron chi connectivity index (χ1n) is 5.90. The van der Waals surface area contributed by atoms with E-state index in [2.05, 4.69) is 28.7 Å². The van der Waals surface area contributed by atoms with E-state index in [0.29, 0.717) is 12.8 Å². The molecule has 0 aromatic heterocycles. The first kappa shape index (κ1) is 14.2. The molecule has 0 unspecified atom stereocenters. The van der Waals surface area contributed by atoms with Crippen LogP contribution in [0.5, 0.6) is 0 Å². The Labute approximate surface area is 116 Å². The van der Waals surface area contributed by atoms with Crippen LogP contribution < -0.4 is 0 Å². The number of ketones is 1. The molecule has 0 fully saturated rings. The number of rotatable bonds is 7. The van der Waals surface area contributed by atoms with Gasteiger partial charge in [-0.1, -0.05) is 25.0 Å². The SMILES string of the molecule is N#CCCCCCCC(=O)c1ccc(I)cc1. The number of carbonyl (C=O) groups is 1. The van der Waals surface area contributed by atoms with E-state index in [-0.39, 0.29) is 5.78 Å². The van der Waals surface area contributed by atoms with Gasteiger partial charge in [-0.15, -0.1) is 0 Å². The molecule has 1 aromatic carbocycles. The largest absolute Gasteiger partial charge is 0.294 e. The minimum atomic E-state index is 0.224. The maximum atomic E-state index is 11.8. The van der Waals surface area contributed by atoms with Crippen LogP contribution in [0.4, 0.5) is 0 Å². The second-order valence-corrected chi connectivity index (χ2v) is 5.25. The minimum Gasteiger partial charge on any atom is -0.294 e. The molecule has 1 aromatic rings. The number of hydrogen-bond donors (Lipinski definition) is 0. The van der Waals surface area contributed by atoms with Crippen LogP contribution in [-0.2, 0) is 0 Å². The Morgan fingerprint density at radius 2 is 1.76 bits per heavy atom. The van der Waals surface area contributed by atoms with Gasteiger partial charge in [0.2, 0.25) is 0 Å². The standard InChI is InChI=1S/C14H16INO/c15-13-9-7-12(8-10-13)14(17)6-4-2-1-3-5-11-16/h7-10H,1-6H2. The lowest BCUT2D eigenvalue weighted by Crippen LogP contribution is -1.98. The van der Waals surface area contributed by atoms with Crippen molar-refractivity contribution >= 4 is 28.4 Å². The summed E-state index contributed by atoms with van der Waals surface area (Å²) in [6, 6.07) is 9.83. The zero-order valence-corrected chi connectivity index (χ0v) is 11.9. The van der Waals surface area contributed by atoms with Gasteiger partial charge in [-0.05, 0) is 47.6 Å². The molecule has 0 amide bonds. The zero-order chi connectivity index (χ0) is 12.5. The molecule has 0 radical (unpaired) electrons. The molecule has 1 rings (SSSR count). The highest BCUT2D eigenvalue weighted by molar-refractivity contribution is 14.1. The molecule has 0 bridgehead atoms.